The third-order valence-corrected chi connectivity index (χ3v) is 3.12. The average Bonchev–Trinajstić information content (AvgIpc) is 2.90. The standard InChI is InChI=1S/C13H14FN5/c1-18-8-9(7-16-18)4-5-19-12-6-10(14)2-3-11(12)17-13(19)15/h2-3,6-8H,4-5H2,1H3,(H2,15,17). The molecule has 0 fully saturated rings. The molecular weight excluding hydrogens is 245 g/mol. The van der Waals surface area contributed by atoms with Crippen molar-refractivity contribution in [1.82, 2.24) is 19.3 Å². The van der Waals surface area contributed by atoms with Crippen molar-refractivity contribution in [2.45, 2.75) is 13.0 Å². The van der Waals surface area contributed by atoms with Gasteiger partial charge in [0, 0.05) is 19.8 Å². The molecule has 0 spiro atoms. The summed E-state index contributed by atoms with van der Waals surface area (Å²) >= 11 is 0. The van der Waals surface area contributed by atoms with Crippen LogP contribution in [0.1, 0.15) is 5.56 Å². The van der Waals surface area contributed by atoms with Crippen molar-refractivity contribution >= 4 is 17.0 Å². The minimum atomic E-state index is -0.282. The molecule has 1 aromatic carbocycles. The highest BCUT2D eigenvalue weighted by molar-refractivity contribution is 5.78. The van der Waals surface area contributed by atoms with Gasteiger partial charge >= 0.3 is 0 Å². The van der Waals surface area contributed by atoms with E-state index in [4.69, 9.17) is 5.73 Å². The van der Waals surface area contributed by atoms with Crippen LogP contribution in [0.4, 0.5) is 10.3 Å². The summed E-state index contributed by atoms with van der Waals surface area (Å²) in [6.45, 7) is 0.650. The maximum atomic E-state index is 13.3. The zero-order valence-corrected chi connectivity index (χ0v) is 10.5. The molecule has 3 rings (SSSR count). The second-order valence-electron chi connectivity index (χ2n) is 4.53. The van der Waals surface area contributed by atoms with Gasteiger partial charge in [-0.15, -0.1) is 0 Å². The number of nitrogens with zero attached hydrogens (tertiary/aromatic N) is 4. The van der Waals surface area contributed by atoms with Gasteiger partial charge in [0.1, 0.15) is 5.82 Å². The van der Waals surface area contributed by atoms with Crippen LogP contribution in [0.3, 0.4) is 0 Å². The Bertz CT molecular complexity index is 728. The largest absolute Gasteiger partial charge is 0.369 e. The van der Waals surface area contributed by atoms with E-state index in [9.17, 15) is 4.39 Å². The Morgan fingerprint density at radius 2 is 2.21 bits per heavy atom. The number of aromatic nitrogens is 4. The van der Waals surface area contributed by atoms with Gasteiger partial charge in [0.25, 0.3) is 0 Å². The Kier molecular flexibility index (Phi) is 2.70. The summed E-state index contributed by atoms with van der Waals surface area (Å²) in [7, 11) is 1.87. The first-order valence-corrected chi connectivity index (χ1v) is 6.02. The molecular formula is C13H14FN5. The summed E-state index contributed by atoms with van der Waals surface area (Å²) in [4.78, 5) is 4.22. The van der Waals surface area contributed by atoms with Gasteiger partial charge in [0.2, 0.25) is 5.95 Å². The summed E-state index contributed by atoms with van der Waals surface area (Å²) in [6.07, 6.45) is 4.55. The van der Waals surface area contributed by atoms with Gasteiger partial charge in [-0.2, -0.15) is 5.10 Å². The van der Waals surface area contributed by atoms with E-state index in [0.717, 1.165) is 17.5 Å². The second-order valence-corrected chi connectivity index (χ2v) is 4.53. The van der Waals surface area contributed by atoms with Crippen LogP contribution in [0, 0.1) is 5.82 Å². The van der Waals surface area contributed by atoms with E-state index in [1.54, 1.807) is 10.7 Å². The molecule has 0 atom stereocenters. The summed E-state index contributed by atoms with van der Waals surface area (Å²) in [5.74, 6) is 0.125. The van der Waals surface area contributed by atoms with Crippen molar-refractivity contribution in [1.29, 1.82) is 0 Å². The lowest BCUT2D eigenvalue weighted by atomic mass is 10.2. The smallest absolute Gasteiger partial charge is 0.201 e. The molecule has 0 unspecified atom stereocenters. The van der Waals surface area contributed by atoms with Gasteiger partial charge in [-0.25, -0.2) is 9.37 Å². The summed E-state index contributed by atoms with van der Waals surface area (Å²) in [5.41, 5.74) is 8.43. The molecule has 0 aliphatic rings. The number of nitrogen functional groups attached to an aromatic ring is 1. The van der Waals surface area contributed by atoms with Crippen LogP contribution in [-0.2, 0) is 20.0 Å². The lowest BCUT2D eigenvalue weighted by Crippen LogP contribution is -2.05. The normalized spacial score (nSPS) is 11.3. The van der Waals surface area contributed by atoms with Gasteiger partial charge in [-0.05, 0) is 30.2 Å². The molecule has 98 valence electrons. The first-order valence-electron chi connectivity index (χ1n) is 6.02. The molecule has 0 bridgehead atoms. The SMILES string of the molecule is Cn1cc(CCn2c(N)nc3ccc(F)cc32)cn1. The van der Waals surface area contributed by atoms with Gasteiger partial charge in [0.05, 0.1) is 17.2 Å². The Morgan fingerprint density at radius 1 is 1.37 bits per heavy atom. The molecule has 3 aromatic rings. The fourth-order valence-corrected chi connectivity index (χ4v) is 2.19. The second kappa shape index (κ2) is 4.38. The van der Waals surface area contributed by atoms with Gasteiger partial charge in [-0.3, -0.25) is 4.68 Å². The highest BCUT2D eigenvalue weighted by atomic mass is 19.1. The molecule has 2 N–H and O–H groups in total. The maximum Gasteiger partial charge on any atom is 0.201 e. The Balaban J connectivity index is 1.91. The van der Waals surface area contributed by atoms with E-state index in [2.05, 4.69) is 10.1 Å². The van der Waals surface area contributed by atoms with E-state index in [1.165, 1.54) is 12.1 Å². The summed E-state index contributed by atoms with van der Waals surface area (Å²) in [5, 5.41) is 4.12. The van der Waals surface area contributed by atoms with Crippen LogP contribution >= 0.6 is 0 Å². The maximum absolute atomic E-state index is 13.3. The minimum Gasteiger partial charge on any atom is -0.369 e. The monoisotopic (exact) mass is 259 g/mol. The van der Waals surface area contributed by atoms with E-state index < -0.39 is 0 Å². The van der Waals surface area contributed by atoms with E-state index in [1.807, 2.05) is 24.0 Å². The molecule has 6 heteroatoms. The molecule has 0 saturated carbocycles. The lowest BCUT2D eigenvalue weighted by Gasteiger charge is -2.05. The number of rotatable bonds is 3. The molecule has 5 nitrogen and oxygen atoms in total. The molecule has 0 saturated heterocycles. The average molecular weight is 259 g/mol. The zero-order chi connectivity index (χ0) is 13.4. The Hall–Kier alpha value is -2.37. The number of fused-ring (bicyclic) bond motifs is 1. The highest BCUT2D eigenvalue weighted by Crippen LogP contribution is 2.19. The van der Waals surface area contributed by atoms with Crippen molar-refractivity contribution in [3.8, 4) is 0 Å². The van der Waals surface area contributed by atoms with Crippen LogP contribution in [0.2, 0.25) is 0 Å². The molecule has 0 radical (unpaired) electrons. The lowest BCUT2D eigenvalue weighted by molar-refractivity contribution is 0.627. The number of nitrogens with two attached hydrogens (primary N) is 1. The number of hydrogen-bond donors (Lipinski definition) is 1. The highest BCUT2D eigenvalue weighted by Gasteiger charge is 2.09. The predicted molar refractivity (Wildman–Crippen MR) is 71.0 cm³/mol. The first kappa shape index (κ1) is 11.7. The molecule has 0 aliphatic carbocycles. The Morgan fingerprint density at radius 3 is 2.95 bits per heavy atom. The number of benzene rings is 1. The number of halogens is 1. The summed E-state index contributed by atoms with van der Waals surface area (Å²) < 4.78 is 16.9. The van der Waals surface area contributed by atoms with Gasteiger partial charge in [-0.1, -0.05) is 0 Å². The van der Waals surface area contributed by atoms with Crippen molar-refractivity contribution in [2.75, 3.05) is 5.73 Å². The van der Waals surface area contributed by atoms with Crippen LogP contribution in [0.5, 0.6) is 0 Å². The topological polar surface area (TPSA) is 61.7 Å². The van der Waals surface area contributed by atoms with E-state index in [0.29, 0.717) is 18.0 Å². The molecule has 19 heavy (non-hydrogen) atoms. The van der Waals surface area contributed by atoms with Crippen molar-refractivity contribution < 1.29 is 4.39 Å². The molecule has 0 aliphatic heterocycles. The fraction of sp³-hybridized carbons (Fsp3) is 0.231. The zero-order valence-electron chi connectivity index (χ0n) is 10.5. The van der Waals surface area contributed by atoms with E-state index in [-0.39, 0.29) is 5.82 Å². The van der Waals surface area contributed by atoms with Gasteiger partial charge < -0.3 is 10.3 Å². The third kappa shape index (κ3) is 2.16. The fourth-order valence-electron chi connectivity index (χ4n) is 2.19. The number of anilines is 1. The first-order chi connectivity index (χ1) is 9.13. The van der Waals surface area contributed by atoms with Crippen LogP contribution in [0.15, 0.2) is 30.6 Å². The van der Waals surface area contributed by atoms with Crippen LogP contribution in [0.25, 0.3) is 11.0 Å². The number of hydrogen-bond acceptors (Lipinski definition) is 3. The van der Waals surface area contributed by atoms with E-state index >= 15 is 0 Å². The van der Waals surface area contributed by atoms with Gasteiger partial charge in [0.15, 0.2) is 0 Å². The van der Waals surface area contributed by atoms with Crippen molar-refractivity contribution in [2.24, 2.45) is 7.05 Å². The number of imidazole rings is 1. The van der Waals surface area contributed by atoms with Crippen LogP contribution in [-0.4, -0.2) is 19.3 Å². The third-order valence-electron chi connectivity index (χ3n) is 3.12. The molecule has 2 aromatic heterocycles. The van der Waals surface area contributed by atoms with Crippen molar-refractivity contribution in [3.05, 3.63) is 42.0 Å². The molecule has 0 amide bonds. The van der Waals surface area contributed by atoms with Crippen molar-refractivity contribution in [3.63, 3.8) is 0 Å². The number of aryl methyl sites for hydroxylation is 3. The quantitative estimate of drug-likeness (QED) is 0.779. The summed E-state index contributed by atoms with van der Waals surface area (Å²) in [6, 6.07) is 4.49. The Labute approximate surface area is 109 Å². The minimum absolute atomic E-state index is 0.282. The molecule has 2 heterocycles. The van der Waals surface area contributed by atoms with Crippen LogP contribution < -0.4 is 5.73 Å². The predicted octanol–water partition coefficient (Wildman–Crippen LogP) is 1.73.